The minimum Gasteiger partial charge on any atom is -0.394 e. The maximum Gasteiger partial charge on any atom is 0.258 e. The zero-order valence-corrected chi connectivity index (χ0v) is 11.9. The normalized spacial score (nSPS) is 48.0. The average molecular weight is 340 g/mol. The number of carbonyl (C=O) groups is 1. The summed E-state index contributed by atoms with van der Waals surface area (Å²) in [6.45, 7) is -2.51. The zero-order valence-electron chi connectivity index (χ0n) is 11.9. The number of aliphatic hydroxyl groups is 7. The Hall–Kier alpha value is -0.730. The third-order valence-electron chi connectivity index (χ3n) is 3.88. The fraction of sp³-hybridized carbons (Fsp3) is 0.917. The van der Waals surface area contributed by atoms with Gasteiger partial charge in [-0.15, -0.1) is 0 Å². The maximum atomic E-state index is 12.0. The van der Waals surface area contributed by atoms with Gasteiger partial charge in [-0.2, -0.15) is 0 Å². The highest BCUT2D eigenvalue weighted by Gasteiger charge is 2.58. The largest absolute Gasteiger partial charge is 0.394 e. The molecule has 11 nitrogen and oxygen atoms in total. The topological polar surface area (TPSA) is 186 Å². The van der Waals surface area contributed by atoms with Crippen molar-refractivity contribution in [3.05, 3.63) is 0 Å². The number of hydrogen-bond acceptors (Lipinski definition) is 11. The molecule has 0 bridgehead atoms. The molecule has 134 valence electrons. The Bertz CT molecular complexity index is 429. The van der Waals surface area contributed by atoms with Crippen LogP contribution < -0.4 is 0 Å². The first-order valence-electron chi connectivity index (χ1n) is 6.91. The summed E-state index contributed by atoms with van der Waals surface area (Å²) >= 11 is 0. The van der Waals surface area contributed by atoms with Crippen molar-refractivity contribution in [3.63, 3.8) is 0 Å². The lowest BCUT2D eigenvalue weighted by Gasteiger charge is -2.42. The molecule has 11 heteroatoms. The van der Waals surface area contributed by atoms with Gasteiger partial charge in [-0.25, -0.2) is 0 Å². The van der Waals surface area contributed by atoms with Gasteiger partial charge in [0.25, 0.3) is 5.79 Å². The molecule has 8 atom stereocenters. The van der Waals surface area contributed by atoms with Crippen LogP contribution in [0.3, 0.4) is 0 Å². The monoisotopic (exact) mass is 340 g/mol. The standard InChI is InChI=1S/C12H20O11/c13-1-4-6(16)8(18)9(19)11(21-4)23-12(3-15)10(20)7(17)5(2-14)22-12/h4-9,11,13-19H,1-3H2/t4-,5?,6-,7?,8+,9-,11-,12+/m1/s1. The van der Waals surface area contributed by atoms with Crippen LogP contribution >= 0.6 is 0 Å². The van der Waals surface area contributed by atoms with Crippen molar-refractivity contribution >= 4 is 5.78 Å². The summed E-state index contributed by atoms with van der Waals surface area (Å²) in [5, 5.41) is 66.4. The van der Waals surface area contributed by atoms with E-state index in [-0.39, 0.29) is 0 Å². The second kappa shape index (κ2) is 7.03. The van der Waals surface area contributed by atoms with E-state index in [0.29, 0.717) is 0 Å². The minimum absolute atomic E-state index is 0.715. The smallest absolute Gasteiger partial charge is 0.258 e. The predicted molar refractivity (Wildman–Crippen MR) is 67.6 cm³/mol. The van der Waals surface area contributed by atoms with Crippen molar-refractivity contribution < 1.29 is 54.8 Å². The zero-order chi connectivity index (χ0) is 17.4. The first-order chi connectivity index (χ1) is 10.8. The Morgan fingerprint density at radius 2 is 1.57 bits per heavy atom. The van der Waals surface area contributed by atoms with Crippen LogP contribution in [0.5, 0.6) is 0 Å². The van der Waals surface area contributed by atoms with Crippen molar-refractivity contribution in [3.8, 4) is 0 Å². The van der Waals surface area contributed by atoms with Crippen molar-refractivity contribution in [1.29, 1.82) is 0 Å². The number of hydrogen-bond donors (Lipinski definition) is 7. The Morgan fingerprint density at radius 1 is 0.957 bits per heavy atom. The Morgan fingerprint density at radius 3 is 2.04 bits per heavy atom. The lowest BCUT2D eigenvalue weighted by molar-refractivity contribution is -0.362. The fourth-order valence-corrected chi connectivity index (χ4v) is 2.49. The summed E-state index contributed by atoms with van der Waals surface area (Å²) in [6.07, 6.45) is -11.3. The highest BCUT2D eigenvalue weighted by atomic mass is 16.8. The summed E-state index contributed by atoms with van der Waals surface area (Å²) in [5.74, 6) is -3.52. The van der Waals surface area contributed by atoms with Crippen molar-refractivity contribution in [2.45, 2.75) is 48.7 Å². The van der Waals surface area contributed by atoms with Crippen molar-refractivity contribution in [1.82, 2.24) is 0 Å². The van der Waals surface area contributed by atoms with E-state index in [4.69, 9.17) is 24.4 Å². The quantitative estimate of drug-likeness (QED) is 0.253. The molecule has 0 radical (unpaired) electrons. The molecule has 0 aliphatic carbocycles. The molecule has 2 aliphatic heterocycles. The van der Waals surface area contributed by atoms with E-state index in [2.05, 4.69) is 0 Å². The van der Waals surface area contributed by atoms with Crippen LogP contribution in [0.15, 0.2) is 0 Å². The van der Waals surface area contributed by atoms with Crippen LogP contribution in [0, 0.1) is 0 Å². The molecule has 0 amide bonds. The molecular weight excluding hydrogens is 320 g/mol. The van der Waals surface area contributed by atoms with Crippen molar-refractivity contribution in [2.24, 2.45) is 0 Å². The molecule has 23 heavy (non-hydrogen) atoms. The third-order valence-corrected chi connectivity index (χ3v) is 3.88. The maximum absolute atomic E-state index is 12.0. The Labute approximate surface area is 130 Å². The van der Waals surface area contributed by atoms with Crippen LogP contribution in [0.1, 0.15) is 0 Å². The van der Waals surface area contributed by atoms with Gasteiger partial charge in [-0.05, 0) is 0 Å². The third kappa shape index (κ3) is 3.13. The second-order valence-electron chi connectivity index (χ2n) is 5.37. The van der Waals surface area contributed by atoms with Gasteiger partial charge in [0.05, 0.1) is 13.2 Å². The van der Waals surface area contributed by atoms with Crippen molar-refractivity contribution in [2.75, 3.05) is 19.8 Å². The predicted octanol–water partition coefficient (Wildman–Crippen LogP) is -5.19. The van der Waals surface area contributed by atoms with Gasteiger partial charge in [-0.3, -0.25) is 4.79 Å². The highest BCUT2D eigenvalue weighted by Crippen LogP contribution is 2.33. The molecule has 0 aromatic rings. The van der Waals surface area contributed by atoms with Crippen LogP contribution in [0.2, 0.25) is 0 Å². The number of rotatable bonds is 5. The van der Waals surface area contributed by atoms with E-state index < -0.39 is 74.3 Å². The number of carbonyl (C=O) groups excluding carboxylic acids is 1. The first-order valence-corrected chi connectivity index (χ1v) is 6.91. The van der Waals surface area contributed by atoms with Gasteiger partial charge >= 0.3 is 0 Å². The minimum atomic E-state index is -2.42. The van der Waals surface area contributed by atoms with Gasteiger partial charge in [0.2, 0.25) is 5.78 Å². The summed E-state index contributed by atoms with van der Waals surface area (Å²) in [6, 6.07) is 0. The molecule has 2 aliphatic rings. The molecule has 0 spiro atoms. The number of ether oxygens (including phenoxy) is 3. The number of ketones is 1. The SMILES string of the molecule is O=C1C(O)C(CO)O[C@@]1(CO)O[C@H]1O[C@H](CO)[C@@H](O)[C@H](O)[C@H]1O. The van der Waals surface area contributed by atoms with Gasteiger partial charge < -0.3 is 50.0 Å². The fourth-order valence-electron chi connectivity index (χ4n) is 2.49. The van der Waals surface area contributed by atoms with E-state index in [9.17, 15) is 30.3 Å². The van der Waals surface area contributed by atoms with Gasteiger partial charge in [0, 0.05) is 0 Å². The lowest BCUT2D eigenvalue weighted by Crippen LogP contribution is -2.62. The van der Waals surface area contributed by atoms with Gasteiger partial charge in [0.15, 0.2) is 6.29 Å². The molecule has 7 N–H and O–H groups in total. The second-order valence-corrected chi connectivity index (χ2v) is 5.37. The molecular formula is C12H20O11. The average Bonchev–Trinajstić information content (AvgIpc) is 2.80. The van der Waals surface area contributed by atoms with Crippen LogP contribution in [-0.4, -0.2) is 110 Å². The molecule has 0 aromatic heterocycles. The van der Waals surface area contributed by atoms with E-state index in [1.807, 2.05) is 0 Å². The molecule has 2 saturated heterocycles. The molecule has 2 heterocycles. The molecule has 0 aromatic carbocycles. The van der Waals surface area contributed by atoms with E-state index in [1.165, 1.54) is 0 Å². The van der Waals surface area contributed by atoms with Gasteiger partial charge in [0.1, 0.15) is 43.2 Å². The van der Waals surface area contributed by atoms with Crippen LogP contribution in [0.4, 0.5) is 0 Å². The van der Waals surface area contributed by atoms with Crippen LogP contribution in [-0.2, 0) is 19.0 Å². The van der Waals surface area contributed by atoms with E-state index in [1.54, 1.807) is 0 Å². The van der Waals surface area contributed by atoms with E-state index >= 15 is 0 Å². The molecule has 2 fully saturated rings. The first kappa shape index (κ1) is 18.6. The van der Waals surface area contributed by atoms with E-state index in [0.717, 1.165) is 0 Å². The Kier molecular flexibility index (Phi) is 5.68. The number of aliphatic hydroxyl groups excluding tert-OH is 7. The summed E-state index contributed by atoms with van der Waals surface area (Å²) in [7, 11) is 0. The molecule has 0 saturated carbocycles. The molecule has 2 rings (SSSR count). The lowest BCUT2D eigenvalue weighted by atomic mass is 9.99. The Balaban J connectivity index is 2.19. The highest BCUT2D eigenvalue weighted by molar-refractivity contribution is 5.92. The molecule has 2 unspecified atom stereocenters. The summed E-state index contributed by atoms with van der Waals surface area (Å²) in [5.41, 5.74) is 0. The van der Waals surface area contributed by atoms with Gasteiger partial charge in [-0.1, -0.05) is 0 Å². The summed E-state index contributed by atoms with van der Waals surface area (Å²) in [4.78, 5) is 12.0. The van der Waals surface area contributed by atoms with Crippen LogP contribution in [0.25, 0.3) is 0 Å². The summed E-state index contributed by atoms with van der Waals surface area (Å²) < 4.78 is 15.2. The number of Topliss-reactive ketones (excluding diaryl/α,β-unsaturated/α-hetero) is 1.